The van der Waals surface area contributed by atoms with E-state index >= 15 is 0 Å². The summed E-state index contributed by atoms with van der Waals surface area (Å²) in [6.07, 6.45) is 3.03. The molecule has 0 aromatic heterocycles. The molecule has 1 rings (SSSR count). The van der Waals surface area contributed by atoms with E-state index in [9.17, 15) is 4.79 Å². The molecule has 0 radical (unpaired) electrons. The fourth-order valence-electron chi connectivity index (χ4n) is 0.743. The Morgan fingerprint density at radius 3 is 2.33 bits per heavy atom. The summed E-state index contributed by atoms with van der Waals surface area (Å²) in [5.41, 5.74) is 5.89. The molecule has 0 aliphatic carbocycles. The lowest BCUT2D eigenvalue weighted by atomic mass is 10.2. The third-order valence-corrected chi connectivity index (χ3v) is 1.24. The Kier molecular flexibility index (Phi) is 4.81. The molecule has 0 spiro atoms. The zero-order chi connectivity index (χ0) is 8.10. The van der Waals surface area contributed by atoms with Crippen LogP contribution in [0.4, 0.5) is 0 Å². The summed E-state index contributed by atoms with van der Waals surface area (Å²) in [4.78, 5) is 10.3. The molecular formula is C9H10ClNO. The van der Waals surface area contributed by atoms with Gasteiger partial charge >= 0.3 is 0 Å². The second kappa shape index (κ2) is 5.38. The summed E-state index contributed by atoms with van der Waals surface area (Å²) in [6, 6.07) is 9.53. The van der Waals surface area contributed by atoms with E-state index < -0.39 is 5.91 Å². The highest BCUT2D eigenvalue weighted by molar-refractivity contribution is 5.90. The van der Waals surface area contributed by atoms with Crippen LogP contribution in [0.2, 0.25) is 0 Å². The smallest absolute Gasteiger partial charge is 0.241 e. The van der Waals surface area contributed by atoms with Crippen molar-refractivity contribution in [3.05, 3.63) is 42.0 Å². The predicted molar refractivity (Wildman–Crippen MR) is 51.9 cm³/mol. The van der Waals surface area contributed by atoms with Crippen molar-refractivity contribution < 1.29 is 4.79 Å². The molecule has 0 heterocycles. The van der Waals surface area contributed by atoms with Gasteiger partial charge in [0.2, 0.25) is 5.91 Å². The second-order valence-corrected chi connectivity index (χ2v) is 2.15. The molecule has 0 unspecified atom stereocenters. The van der Waals surface area contributed by atoms with E-state index in [0.29, 0.717) is 0 Å². The fraction of sp³-hybridized carbons (Fsp3) is 0. The molecule has 0 saturated heterocycles. The van der Waals surface area contributed by atoms with Crippen LogP contribution in [0.1, 0.15) is 5.56 Å². The van der Waals surface area contributed by atoms with Crippen LogP contribution in [-0.4, -0.2) is 5.91 Å². The van der Waals surface area contributed by atoms with Gasteiger partial charge in [-0.25, -0.2) is 0 Å². The standard InChI is InChI=1S/C9H9NO.ClH/c10-9(11)7-6-8-4-2-1-3-5-8;/h1-7H,(H2,10,11);1H. The first-order valence-electron chi connectivity index (χ1n) is 3.31. The van der Waals surface area contributed by atoms with E-state index in [-0.39, 0.29) is 12.4 Å². The van der Waals surface area contributed by atoms with Crippen molar-refractivity contribution in [2.75, 3.05) is 0 Å². The molecule has 1 amide bonds. The molecule has 0 aliphatic rings. The Hall–Kier alpha value is -1.28. The van der Waals surface area contributed by atoms with Gasteiger partial charge in [0.05, 0.1) is 0 Å². The number of carbonyl (C=O) groups is 1. The minimum atomic E-state index is -0.422. The van der Waals surface area contributed by atoms with Gasteiger partial charge in [-0.05, 0) is 11.6 Å². The van der Waals surface area contributed by atoms with Crippen molar-refractivity contribution in [1.82, 2.24) is 0 Å². The van der Waals surface area contributed by atoms with E-state index in [4.69, 9.17) is 5.73 Å². The zero-order valence-corrected chi connectivity index (χ0v) is 7.25. The molecule has 2 N–H and O–H groups in total. The third kappa shape index (κ3) is 3.78. The first-order valence-corrected chi connectivity index (χ1v) is 3.31. The Bertz CT molecular complexity index is 269. The van der Waals surface area contributed by atoms with Crippen LogP contribution in [0.5, 0.6) is 0 Å². The maximum Gasteiger partial charge on any atom is 0.241 e. The number of benzene rings is 1. The molecule has 12 heavy (non-hydrogen) atoms. The van der Waals surface area contributed by atoms with Gasteiger partial charge in [-0.15, -0.1) is 12.4 Å². The van der Waals surface area contributed by atoms with Crippen molar-refractivity contribution >= 4 is 24.4 Å². The SMILES string of the molecule is Cl.NC(=O)C=Cc1ccccc1. The number of amides is 1. The fourth-order valence-corrected chi connectivity index (χ4v) is 0.743. The molecule has 3 heteroatoms. The van der Waals surface area contributed by atoms with Gasteiger partial charge in [0.25, 0.3) is 0 Å². The third-order valence-electron chi connectivity index (χ3n) is 1.24. The van der Waals surface area contributed by atoms with Crippen molar-refractivity contribution in [2.24, 2.45) is 5.73 Å². The molecule has 0 bridgehead atoms. The Balaban J connectivity index is 0.00000121. The van der Waals surface area contributed by atoms with E-state index in [1.807, 2.05) is 30.3 Å². The van der Waals surface area contributed by atoms with Crippen LogP contribution < -0.4 is 5.73 Å². The van der Waals surface area contributed by atoms with Gasteiger partial charge in [-0.2, -0.15) is 0 Å². The first kappa shape index (κ1) is 10.7. The molecule has 1 aromatic carbocycles. The van der Waals surface area contributed by atoms with Crippen LogP contribution in [0.15, 0.2) is 36.4 Å². The van der Waals surface area contributed by atoms with Crippen molar-refractivity contribution in [1.29, 1.82) is 0 Å². The maximum absolute atomic E-state index is 10.3. The summed E-state index contributed by atoms with van der Waals surface area (Å²) >= 11 is 0. The number of hydrogen-bond donors (Lipinski definition) is 1. The molecule has 1 aromatic rings. The van der Waals surface area contributed by atoms with E-state index in [0.717, 1.165) is 5.56 Å². The van der Waals surface area contributed by atoms with Crippen molar-refractivity contribution in [3.8, 4) is 0 Å². The molecular weight excluding hydrogens is 174 g/mol. The summed E-state index contributed by atoms with van der Waals surface area (Å²) in [6.45, 7) is 0. The minimum absolute atomic E-state index is 0. The summed E-state index contributed by atoms with van der Waals surface area (Å²) < 4.78 is 0. The largest absolute Gasteiger partial charge is 0.366 e. The van der Waals surface area contributed by atoms with Gasteiger partial charge in [0.15, 0.2) is 0 Å². The lowest BCUT2D eigenvalue weighted by Crippen LogP contribution is -2.04. The van der Waals surface area contributed by atoms with Gasteiger partial charge in [0.1, 0.15) is 0 Å². The van der Waals surface area contributed by atoms with Crippen LogP contribution in [0.25, 0.3) is 6.08 Å². The number of rotatable bonds is 2. The summed E-state index contributed by atoms with van der Waals surface area (Å²) in [5, 5.41) is 0. The highest BCUT2D eigenvalue weighted by atomic mass is 35.5. The monoisotopic (exact) mass is 183 g/mol. The summed E-state index contributed by atoms with van der Waals surface area (Å²) in [7, 11) is 0. The van der Waals surface area contributed by atoms with E-state index in [1.165, 1.54) is 6.08 Å². The van der Waals surface area contributed by atoms with Crippen LogP contribution >= 0.6 is 12.4 Å². The molecule has 0 saturated carbocycles. The predicted octanol–water partition coefficient (Wildman–Crippen LogP) is 1.61. The average molecular weight is 184 g/mol. The molecule has 0 atom stereocenters. The zero-order valence-electron chi connectivity index (χ0n) is 6.44. The Morgan fingerprint density at radius 2 is 1.83 bits per heavy atom. The topological polar surface area (TPSA) is 43.1 Å². The van der Waals surface area contributed by atoms with E-state index in [1.54, 1.807) is 6.08 Å². The van der Waals surface area contributed by atoms with Crippen molar-refractivity contribution in [3.63, 3.8) is 0 Å². The van der Waals surface area contributed by atoms with Gasteiger partial charge < -0.3 is 5.73 Å². The molecule has 0 aliphatic heterocycles. The molecule has 2 nitrogen and oxygen atoms in total. The lowest BCUT2D eigenvalue weighted by molar-refractivity contribution is -0.113. The van der Waals surface area contributed by atoms with Crippen LogP contribution in [0, 0.1) is 0 Å². The summed E-state index contributed by atoms with van der Waals surface area (Å²) in [5.74, 6) is -0.422. The number of primary amides is 1. The Labute approximate surface area is 77.5 Å². The van der Waals surface area contributed by atoms with Crippen LogP contribution in [-0.2, 0) is 4.79 Å². The highest BCUT2D eigenvalue weighted by Crippen LogP contribution is 1.99. The average Bonchev–Trinajstić information content (AvgIpc) is 2.03. The van der Waals surface area contributed by atoms with Gasteiger partial charge in [-0.3, -0.25) is 4.79 Å². The minimum Gasteiger partial charge on any atom is -0.366 e. The molecule has 64 valence electrons. The van der Waals surface area contributed by atoms with Crippen molar-refractivity contribution in [2.45, 2.75) is 0 Å². The van der Waals surface area contributed by atoms with Gasteiger partial charge in [0, 0.05) is 6.08 Å². The molecule has 0 fully saturated rings. The number of halogens is 1. The number of hydrogen-bond acceptors (Lipinski definition) is 1. The van der Waals surface area contributed by atoms with Crippen LogP contribution in [0.3, 0.4) is 0 Å². The lowest BCUT2D eigenvalue weighted by Gasteiger charge is -1.88. The highest BCUT2D eigenvalue weighted by Gasteiger charge is 1.84. The Morgan fingerprint density at radius 1 is 1.25 bits per heavy atom. The second-order valence-electron chi connectivity index (χ2n) is 2.15. The first-order chi connectivity index (χ1) is 5.29. The van der Waals surface area contributed by atoms with Gasteiger partial charge in [-0.1, -0.05) is 30.3 Å². The quantitative estimate of drug-likeness (QED) is 0.696. The number of carbonyl (C=O) groups excluding carboxylic acids is 1. The van der Waals surface area contributed by atoms with E-state index in [2.05, 4.69) is 0 Å². The normalized spacial score (nSPS) is 9.33. The maximum atomic E-state index is 10.3. The number of nitrogens with two attached hydrogens (primary N) is 1.